The van der Waals surface area contributed by atoms with Gasteiger partial charge in [0.2, 0.25) is 5.89 Å². The molecule has 4 nitrogen and oxygen atoms in total. The molecule has 0 aliphatic heterocycles. The maximum Gasteiger partial charge on any atom is 0.226 e. The Hall–Kier alpha value is -1.97. The van der Waals surface area contributed by atoms with Gasteiger partial charge in [0.15, 0.2) is 11.5 Å². The molecule has 0 saturated carbocycles. The van der Waals surface area contributed by atoms with Gasteiger partial charge in [-0.2, -0.15) is 0 Å². The van der Waals surface area contributed by atoms with Crippen LogP contribution in [0.25, 0.3) is 11.5 Å². The first-order valence-corrected chi connectivity index (χ1v) is 6.07. The van der Waals surface area contributed by atoms with Crippen LogP contribution in [0.5, 0.6) is 11.5 Å². The average molecular weight is 247 g/mol. The fourth-order valence-electron chi connectivity index (χ4n) is 1.67. The van der Waals surface area contributed by atoms with E-state index in [-0.39, 0.29) is 0 Å². The summed E-state index contributed by atoms with van der Waals surface area (Å²) in [5.41, 5.74) is 0.884. The van der Waals surface area contributed by atoms with Crippen molar-refractivity contribution in [1.82, 2.24) is 4.98 Å². The van der Waals surface area contributed by atoms with Gasteiger partial charge < -0.3 is 13.9 Å². The van der Waals surface area contributed by atoms with E-state index < -0.39 is 0 Å². The van der Waals surface area contributed by atoms with Crippen LogP contribution in [-0.4, -0.2) is 18.2 Å². The monoisotopic (exact) mass is 247 g/mol. The van der Waals surface area contributed by atoms with Crippen molar-refractivity contribution in [2.75, 3.05) is 13.2 Å². The molecule has 0 aliphatic rings. The van der Waals surface area contributed by atoms with Gasteiger partial charge in [-0.05, 0) is 39.0 Å². The SMILES string of the molecule is CCOc1ccc(-c2ncc(C)o2)cc1OCC. The Morgan fingerprint density at radius 3 is 2.44 bits per heavy atom. The molecule has 0 amide bonds. The van der Waals surface area contributed by atoms with Crippen LogP contribution in [0.4, 0.5) is 0 Å². The van der Waals surface area contributed by atoms with E-state index in [9.17, 15) is 0 Å². The lowest BCUT2D eigenvalue weighted by molar-refractivity contribution is 0.288. The Balaban J connectivity index is 2.35. The molecule has 0 fully saturated rings. The summed E-state index contributed by atoms with van der Waals surface area (Å²) >= 11 is 0. The minimum Gasteiger partial charge on any atom is -0.490 e. The van der Waals surface area contributed by atoms with E-state index in [1.54, 1.807) is 6.20 Å². The number of aromatic nitrogens is 1. The highest BCUT2D eigenvalue weighted by Crippen LogP contribution is 2.32. The third-order valence-electron chi connectivity index (χ3n) is 2.41. The summed E-state index contributed by atoms with van der Waals surface area (Å²) in [6, 6.07) is 5.68. The summed E-state index contributed by atoms with van der Waals surface area (Å²) < 4.78 is 16.6. The molecule has 0 radical (unpaired) electrons. The van der Waals surface area contributed by atoms with E-state index in [0.717, 1.165) is 17.1 Å². The van der Waals surface area contributed by atoms with Gasteiger partial charge in [-0.1, -0.05) is 0 Å². The second-order valence-electron chi connectivity index (χ2n) is 3.80. The molecule has 96 valence electrons. The van der Waals surface area contributed by atoms with Gasteiger partial charge in [0.25, 0.3) is 0 Å². The van der Waals surface area contributed by atoms with Crippen molar-refractivity contribution in [1.29, 1.82) is 0 Å². The maximum atomic E-state index is 5.56. The van der Waals surface area contributed by atoms with Crippen LogP contribution in [0.15, 0.2) is 28.8 Å². The van der Waals surface area contributed by atoms with Crippen molar-refractivity contribution in [3.05, 3.63) is 30.2 Å². The lowest BCUT2D eigenvalue weighted by Crippen LogP contribution is -1.98. The van der Waals surface area contributed by atoms with Crippen LogP contribution in [-0.2, 0) is 0 Å². The van der Waals surface area contributed by atoms with E-state index in [2.05, 4.69) is 4.98 Å². The van der Waals surface area contributed by atoms with E-state index in [0.29, 0.717) is 24.9 Å². The number of rotatable bonds is 5. The molecule has 2 aromatic rings. The second-order valence-corrected chi connectivity index (χ2v) is 3.80. The van der Waals surface area contributed by atoms with Crippen molar-refractivity contribution in [2.24, 2.45) is 0 Å². The first-order chi connectivity index (χ1) is 8.74. The Labute approximate surface area is 107 Å². The zero-order chi connectivity index (χ0) is 13.0. The number of hydrogen-bond donors (Lipinski definition) is 0. The standard InChI is InChI=1S/C14H17NO3/c1-4-16-12-7-6-11(8-13(12)17-5-2)14-15-9-10(3)18-14/h6-9H,4-5H2,1-3H3. The molecule has 0 spiro atoms. The van der Waals surface area contributed by atoms with E-state index >= 15 is 0 Å². The predicted octanol–water partition coefficient (Wildman–Crippen LogP) is 3.45. The minimum absolute atomic E-state index is 0.591. The fourth-order valence-corrected chi connectivity index (χ4v) is 1.67. The molecule has 0 aliphatic carbocycles. The van der Waals surface area contributed by atoms with Crippen molar-refractivity contribution in [3.63, 3.8) is 0 Å². The summed E-state index contributed by atoms with van der Waals surface area (Å²) in [6.07, 6.45) is 1.70. The van der Waals surface area contributed by atoms with Crippen LogP contribution in [0, 0.1) is 6.92 Å². The van der Waals surface area contributed by atoms with Crippen molar-refractivity contribution >= 4 is 0 Å². The quantitative estimate of drug-likeness (QED) is 0.811. The summed E-state index contributed by atoms with van der Waals surface area (Å²) in [4.78, 5) is 4.20. The number of oxazole rings is 1. The Bertz CT molecular complexity index is 520. The molecule has 0 bridgehead atoms. The molecule has 1 heterocycles. The molecule has 0 unspecified atom stereocenters. The van der Waals surface area contributed by atoms with Gasteiger partial charge >= 0.3 is 0 Å². The van der Waals surface area contributed by atoms with Crippen LogP contribution in [0.2, 0.25) is 0 Å². The first kappa shape index (κ1) is 12.5. The van der Waals surface area contributed by atoms with Gasteiger partial charge in [0.1, 0.15) is 5.76 Å². The van der Waals surface area contributed by atoms with Crippen molar-refractivity contribution < 1.29 is 13.9 Å². The average Bonchev–Trinajstić information content (AvgIpc) is 2.79. The number of benzene rings is 1. The molecular formula is C14H17NO3. The molecule has 1 aromatic carbocycles. The molecule has 0 saturated heterocycles. The van der Waals surface area contributed by atoms with Crippen LogP contribution >= 0.6 is 0 Å². The molecule has 2 rings (SSSR count). The van der Waals surface area contributed by atoms with Crippen LogP contribution in [0.3, 0.4) is 0 Å². The second kappa shape index (κ2) is 5.58. The zero-order valence-electron chi connectivity index (χ0n) is 10.9. The number of nitrogens with zero attached hydrogens (tertiary/aromatic N) is 1. The van der Waals surface area contributed by atoms with Crippen LogP contribution < -0.4 is 9.47 Å². The van der Waals surface area contributed by atoms with E-state index in [4.69, 9.17) is 13.9 Å². The van der Waals surface area contributed by atoms with Gasteiger partial charge in [-0.3, -0.25) is 0 Å². The highest BCUT2D eigenvalue weighted by Gasteiger charge is 2.10. The van der Waals surface area contributed by atoms with Crippen molar-refractivity contribution in [2.45, 2.75) is 20.8 Å². The van der Waals surface area contributed by atoms with Gasteiger partial charge in [-0.15, -0.1) is 0 Å². The zero-order valence-corrected chi connectivity index (χ0v) is 10.9. The largest absolute Gasteiger partial charge is 0.490 e. The molecule has 0 atom stereocenters. The number of aryl methyl sites for hydroxylation is 1. The third-order valence-corrected chi connectivity index (χ3v) is 2.41. The van der Waals surface area contributed by atoms with Crippen LogP contribution in [0.1, 0.15) is 19.6 Å². The highest BCUT2D eigenvalue weighted by molar-refractivity contribution is 5.59. The molecular weight excluding hydrogens is 230 g/mol. The summed E-state index contributed by atoms with van der Waals surface area (Å²) in [5, 5.41) is 0. The molecule has 18 heavy (non-hydrogen) atoms. The topological polar surface area (TPSA) is 44.5 Å². The summed E-state index contributed by atoms with van der Waals surface area (Å²) in [7, 11) is 0. The molecule has 0 N–H and O–H groups in total. The first-order valence-electron chi connectivity index (χ1n) is 6.07. The smallest absolute Gasteiger partial charge is 0.226 e. The predicted molar refractivity (Wildman–Crippen MR) is 69.0 cm³/mol. The van der Waals surface area contributed by atoms with Crippen molar-refractivity contribution in [3.8, 4) is 23.0 Å². The lowest BCUT2D eigenvalue weighted by atomic mass is 10.2. The third kappa shape index (κ3) is 2.64. The van der Waals surface area contributed by atoms with E-state index in [1.165, 1.54) is 0 Å². The summed E-state index contributed by atoms with van der Waals surface area (Å²) in [5.74, 6) is 2.84. The fraction of sp³-hybridized carbons (Fsp3) is 0.357. The van der Waals surface area contributed by atoms with Gasteiger partial charge in [0.05, 0.1) is 19.4 Å². The minimum atomic E-state index is 0.591. The Kier molecular flexibility index (Phi) is 3.87. The number of ether oxygens (including phenoxy) is 2. The number of hydrogen-bond acceptors (Lipinski definition) is 4. The highest BCUT2D eigenvalue weighted by atomic mass is 16.5. The Morgan fingerprint density at radius 1 is 1.11 bits per heavy atom. The lowest BCUT2D eigenvalue weighted by Gasteiger charge is -2.11. The summed E-state index contributed by atoms with van der Waals surface area (Å²) in [6.45, 7) is 6.96. The normalized spacial score (nSPS) is 10.4. The maximum absolute atomic E-state index is 5.56. The Morgan fingerprint density at radius 2 is 1.83 bits per heavy atom. The molecule has 1 aromatic heterocycles. The van der Waals surface area contributed by atoms with E-state index in [1.807, 2.05) is 39.0 Å². The van der Waals surface area contributed by atoms with Gasteiger partial charge in [0, 0.05) is 5.56 Å². The van der Waals surface area contributed by atoms with Gasteiger partial charge in [-0.25, -0.2) is 4.98 Å². The molecule has 4 heteroatoms.